The van der Waals surface area contributed by atoms with Crippen LogP contribution >= 0.6 is 11.3 Å². The van der Waals surface area contributed by atoms with Crippen molar-refractivity contribution in [1.29, 1.82) is 0 Å². The highest BCUT2D eigenvalue weighted by molar-refractivity contribution is 7.10. The van der Waals surface area contributed by atoms with E-state index >= 15 is 0 Å². The van der Waals surface area contributed by atoms with Crippen LogP contribution in [0.3, 0.4) is 0 Å². The predicted octanol–water partition coefficient (Wildman–Crippen LogP) is 1.94. The Morgan fingerprint density at radius 3 is 2.89 bits per heavy atom. The Kier molecular flexibility index (Phi) is 4.74. The zero-order chi connectivity index (χ0) is 13.0. The van der Waals surface area contributed by atoms with Crippen molar-refractivity contribution < 1.29 is 15.0 Å². The van der Waals surface area contributed by atoms with E-state index in [1.54, 1.807) is 11.4 Å². The molecule has 0 aromatic carbocycles. The Hall–Kier alpha value is -0.910. The number of aliphatic hydroxyl groups is 1. The first-order valence-corrected chi connectivity index (χ1v) is 7.21. The molecule has 0 amide bonds. The van der Waals surface area contributed by atoms with Gasteiger partial charge in [0.2, 0.25) is 0 Å². The number of rotatable bonds is 6. The Bertz CT molecular complexity index is 405. The highest BCUT2D eigenvalue weighted by Gasteiger charge is 2.25. The molecule has 18 heavy (non-hydrogen) atoms. The van der Waals surface area contributed by atoms with Crippen molar-refractivity contribution >= 4 is 17.3 Å². The molecule has 0 spiro atoms. The van der Waals surface area contributed by atoms with Crippen LogP contribution in [0.1, 0.15) is 34.5 Å². The molecule has 4 nitrogen and oxygen atoms in total. The van der Waals surface area contributed by atoms with Crippen molar-refractivity contribution in [3.8, 4) is 0 Å². The van der Waals surface area contributed by atoms with Gasteiger partial charge in [-0.05, 0) is 37.3 Å². The van der Waals surface area contributed by atoms with Gasteiger partial charge >= 0.3 is 5.97 Å². The highest BCUT2D eigenvalue weighted by atomic mass is 32.1. The van der Waals surface area contributed by atoms with Crippen LogP contribution in [0.15, 0.2) is 11.4 Å². The van der Waals surface area contributed by atoms with Crippen LogP contribution in [0.4, 0.5) is 0 Å². The molecule has 0 bridgehead atoms. The molecule has 100 valence electrons. The maximum Gasteiger partial charge on any atom is 0.336 e. The predicted molar refractivity (Wildman–Crippen MR) is 70.9 cm³/mol. The molecule has 1 aromatic rings. The number of aromatic carboxylic acids is 1. The molecular formula is C13H19NO3S. The van der Waals surface area contributed by atoms with Crippen LogP contribution in [-0.2, 0) is 6.54 Å². The Labute approximate surface area is 111 Å². The SMILES string of the molecule is O=C(O)c1csc(CNCC2CCCC2CO)c1. The minimum atomic E-state index is -0.867. The summed E-state index contributed by atoms with van der Waals surface area (Å²) in [7, 11) is 0. The summed E-state index contributed by atoms with van der Waals surface area (Å²) < 4.78 is 0. The van der Waals surface area contributed by atoms with E-state index in [1.807, 2.05) is 0 Å². The van der Waals surface area contributed by atoms with Crippen molar-refractivity contribution in [3.05, 3.63) is 21.9 Å². The average Bonchev–Trinajstić information content (AvgIpc) is 2.97. The quantitative estimate of drug-likeness (QED) is 0.738. The third kappa shape index (κ3) is 3.31. The molecule has 3 N–H and O–H groups in total. The van der Waals surface area contributed by atoms with Gasteiger partial charge in [-0.2, -0.15) is 0 Å². The van der Waals surface area contributed by atoms with Crippen molar-refractivity contribution in [3.63, 3.8) is 0 Å². The first-order valence-electron chi connectivity index (χ1n) is 6.33. The summed E-state index contributed by atoms with van der Waals surface area (Å²) in [6.07, 6.45) is 3.52. The number of carboxylic acids is 1. The van der Waals surface area contributed by atoms with E-state index in [1.165, 1.54) is 24.2 Å². The molecule has 1 saturated carbocycles. The van der Waals surface area contributed by atoms with Crippen LogP contribution in [0, 0.1) is 11.8 Å². The molecule has 0 radical (unpaired) electrons. The first kappa shape index (κ1) is 13.5. The van der Waals surface area contributed by atoms with E-state index in [0.717, 1.165) is 17.8 Å². The number of hydrogen-bond donors (Lipinski definition) is 3. The van der Waals surface area contributed by atoms with Gasteiger partial charge in [0.05, 0.1) is 5.56 Å². The number of aliphatic hydroxyl groups excluding tert-OH is 1. The van der Waals surface area contributed by atoms with E-state index in [-0.39, 0.29) is 6.61 Å². The van der Waals surface area contributed by atoms with E-state index in [0.29, 0.717) is 23.9 Å². The van der Waals surface area contributed by atoms with Crippen molar-refractivity contribution in [1.82, 2.24) is 5.32 Å². The number of nitrogens with one attached hydrogen (secondary N) is 1. The monoisotopic (exact) mass is 269 g/mol. The molecule has 1 aliphatic carbocycles. The Balaban J connectivity index is 1.76. The van der Waals surface area contributed by atoms with E-state index in [2.05, 4.69) is 5.32 Å². The molecule has 1 fully saturated rings. The summed E-state index contributed by atoms with van der Waals surface area (Å²) in [6.45, 7) is 1.91. The third-order valence-electron chi connectivity index (χ3n) is 3.66. The smallest absolute Gasteiger partial charge is 0.336 e. The molecule has 5 heteroatoms. The lowest BCUT2D eigenvalue weighted by molar-refractivity contribution is 0.0697. The van der Waals surface area contributed by atoms with Gasteiger partial charge in [-0.3, -0.25) is 0 Å². The Morgan fingerprint density at radius 2 is 2.22 bits per heavy atom. The first-order chi connectivity index (χ1) is 8.70. The van der Waals surface area contributed by atoms with Gasteiger partial charge in [0.25, 0.3) is 0 Å². The second-order valence-corrected chi connectivity index (χ2v) is 5.87. The van der Waals surface area contributed by atoms with Crippen LogP contribution in [0.5, 0.6) is 0 Å². The van der Waals surface area contributed by atoms with Gasteiger partial charge in [0.1, 0.15) is 0 Å². The van der Waals surface area contributed by atoms with Crippen LogP contribution in [0.2, 0.25) is 0 Å². The van der Waals surface area contributed by atoms with Crippen LogP contribution < -0.4 is 5.32 Å². The maximum atomic E-state index is 10.7. The van der Waals surface area contributed by atoms with Gasteiger partial charge < -0.3 is 15.5 Å². The van der Waals surface area contributed by atoms with Gasteiger partial charge in [-0.25, -0.2) is 4.79 Å². The third-order valence-corrected chi connectivity index (χ3v) is 4.59. The summed E-state index contributed by atoms with van der Waals surface area (Å²) in [5.74, 6) is 0.137. The van der Waals surface area contributed by atoms with Crippen LogP contribution in [-0.4, -0.2) is 29.3 Å². The van der Waals surface area contributed by atoms with Crippen molar-refractivity contribution in [2.24, 2.45) is 11.8 Å². The number of carbonyl (C=O) groups is 1. The normalized spacial score (nSPS) is 23.4. The summed E-state index contributed by atoms with van der Waals surface area (Å²) in [5.41, 5.74) is 0.367. The minimum absolute atomic E-state index is 0.286. The zero-order valence-corrected chi connectivity index (χ0v) is 11.1. The van der Waals surface area contributed by atoms with Gasteiger partial charge in [0.15, 0.2) is 0 Å². The summed E-state index contributed by atoms with van der Waals surface area (Å²) in [4.78, 5) is 11.8. The van der Waals surface area contributed by atoms with E-state index in [9.17, 15) is 9.90 Å². The van der Waals surface area contributed by atoms with Crippen molar-refractivity contribution in [2.75, 3.05) is 13.2 Å². The molecule has 1 heterocycles. The van der Waals surface area contributed by atoms with Gasteiger partial charge in [-0.15, -0.1) is 11.3 Å². The molecule has 1 aliphatic rings. The van der Waals surface area contributed by atoms with E-state index < -0.39 is 5.97 Å². The molecule has 1 aromatic heterocycles. The minimum Gasteiger partial charge on any atom is -0.478 e. The fourth-order valence-electron chi connectivity index (χ4n) is 2.59. The summed E-state index contributed by atoms with van der Waals surface area (Å²) >= 11 is 1.47. The number of thiophene rings is 1. The molecule has 2 unspecified atom stereocenters. The molecule has 2 atom stereocenters. The topological polar surface area (TPSA) is 69.6 Å². The fraction of sp³-hybridized carbons (Fsp3) is 0.615. The van der Waals surface area contributed by atoms with Crippen LogP contribution in [0.25, 0.3) is 0 Å². The fourth-order valence-corrected chi connectivity index (χ4v) is 3.42. The highest BCUT2D eigenvalue weighted by Crippen LogP contribution is 2.30. The zero-order valence-electron chi connectivity index (χ0n) is 10.3. The largest absolute Gasteiger partial charge is 0.478 e. The van der Waals surface area contributed by atoms with E-state index in [4.69, 9.17) is 5.11 Å². The maximum absolute atomic E-state index is 10.7. The number of hydrogen-bond acceptors (Lipinski definition) is 4. The standard InChI is InChI=1S/C13H19NO3S/c15-7-10-3-1-2-9(10)5-14-6-12-4-11(8-18-12)13(16)17/h4,8-10,14-15H,1-3,5-7H2,(H,16,17). The molecular weight excluding hydrogens is 250 g/mol. The summed E-state index contributed by atoms with van der Waals surface area (Å²) in [5, 5.41) is 23.1. The molecule has 2 rings (SSSR count). The lowest BCUT2D eigenvalue weighted by Crippen LogP contribution is -2.26. The van der Waals surface area contributed by atoms with Gasteiger partial charge in [0, 0.05) is 23.4 Å². The second kappa shape index (κ2) is 6.31. The lowest BCUT2D eigenvalue weighted by atomic mass is 9.97. The Morgan fingerprint density at radius 1 is 1.44 bits per heavy atom. The average molecular weight is 269 g/mol. The second-order valence-electron chi connectivity index (χ2n) is 4.87. The lowest BCUT2D eigenvalue weighted by Gasteiger charge is -2.17. The van der Waals surface area contributed by atoms with Crippen molar-refractivity contribution in [2.45, 2.75) is 25.8 Å². The summed E-state index contributed by atoms with van der Waals surface area (Å²) in [6, 6.07) is 1.72. The number of carboxylic acid groups (broad SMARTS) is 1. The molecule has 0 saturated heterocycles. The molecule has 0 aliphatic heterocycles. The van der Waals surface area contributed by atoms with Gasteiger partial charge in [-0.1, -0.05) is 6.42 Å².